The van der Waals surface area contributed by atoms with Crippen molar-refractivity contribution in [1.82, 2.24) is 25.3 Å². The summed E-state index contributed by atoms with van der Waals surface area (Å²) in [5.41, 5.74) is 0.556. The number of H-pyrrole nitrogens is 1. The van der Waals surface area contributed by atoms with Crippen LogP contribution in [0.25, 0.3) is 0 Å². The van der Waals surface area contributed by atoms with Crippen molar-refractivity contribution in [3.63, 3.8) is 0 Å². The smallest absolute Gasteiger partial charge is 0.263 e. The van der Waals surface area contributed by atoms with Gasteiger partial charge in [-0.3, -0.25) is 9.71 Å². The third-order valence-corrected chi connectivity index (χ3v) is 3.83. The Kier molecular flexibility index (Phi) is 2.33. The second-order valence-electron chi connectivity index (χ2n) is 3.59. The lowest BCUT2D eigenvalue weighted by Crippen LogP contribution is -2.22. The van der Waals surface area contributed by atoms with E-state index in [1.807, 2.05) is 0 Å². The van der Waals surface area contributed by atoms with Crippen molar-refractivity contribution in [3.8, 4) is 0 Å². The number of nitrogens with one attached hydrogen (secondary N) is 2. The van der Waals surface area contributed by atoms with Gasteiger partial charge >= 0.3 is 0 Å². The molecule has 8 nitrogen and oxygen atoms in total. The molecule has 1 aromatic heterocycles. The van der Waals surface area contributed by atoms with Crippen LogP contribution in [0.2, 0.25) is 0 Å². The zero-order chi connectivity index (χ0) is 12.6. The number of benzene rings is 1. The van der Waals surface area contributed by atoms with Crippen LogP contribution in [0.3, 0.4) is 0 Å². The van der Waals surface area contributed by atoms with E-state index in [-0.39, 0.29) is 11.4 Å². The zero-order valence-corrected chi connectivity index (χ0v) is 9.85. The van der Waals surface area contributed by atoms with E-state index < -0.39 is 10.0 Å². The lowest BCUT2D eigenvalue weighted by molar-refractivity contribution is 0.595. The predicted octanol–water partition coefficient (Wildman–Crippen LogP) is -0.562. The highest BCUT2D eigenvalue weighted by molar-refractivity contribution is 7.90. The molecule has 2 N–H and O–H groups in total. The van der Waals surface area contributed by atoms with Crippen LogP contribution in [0.4, 0.5) is 0 Å². The molecule has 3 rings (SSSR count). The van der Waals surface area contributed by atoms with Crippen molar-refractivity contribution < 1.29 is 8.42 Å². The van der Waals surface area contributed by atoms with Gasteiger partial charge in [0.15, 0.2) is 5.82 Å². The Bertz CT molecular complexity index is 706. The lowest BCUT2D eigenvalue weighted by atomic mass is 10.2. The van der Waals surface area contributed by atoms with E-state index in [4.69, 9.17) is 0 Å². The van der Waals surface area contributed by atoms with Crippen molar-refractivity contribution >= 4 is 15.9 Å². The Morgan fingerprint density at radius 3 is 2.89 bits per heavy atom. The minimum Gasteiger partial charge on any atom is -0.263 e. The van der Waals surface area contributed by atoms with Gasteiger partial charge in [-0.2, -0.15) is 5.21 Å². The Balaban J connectivity index is 1.99. The number of aliphatic imine (C=N–C) groups is 1. The molecule has 0 unspecified atom stereocenters. The first-order chi connectivity index (χ1) is 8.67. The van der Waals surface area contributed by atoms with Gasteiger partial charge in [0.25, 0.3) is 10.0 Å². The van der Waals surface area contributed by atoms with E-state index in [0.717, 1.165) is 0 Å². The number of fused-ring (bicyclic) bond motifs is 1. The average Bonchev–Trinajstić information content (AvgIpc) is 2.95. The number of rotatable bonds is 2. The van der Waals surface area contributed by atoms with Crippen molar-refractivity contribution in [3.05, 3.63) is 35.7 Å². The monoisotopic (exact) mass is 264 g/mol. The van der Waals surface area contributed by atoms with Gasteiger partial charge in [0.2, 0.25) is 0 Å². The molecule has 2 aromatic rings. The van der Waals surface area contributed by atoms with Gasteiger partial charge in [-0.1, -0.05) is 17.3 Å². The molecule has 0 saturated heterocycles. The summed E-state index contributed by atoms with van der Waals surface area (Å²) in [5, 5.41) is 13.2. The van der Waals surface area contributed by atoms with Crippen molar-refractivity contribution in [1.29, 1.82) is 0 Å². The van der Waals surface area contributed by atoms with Crippen LogP contribution < -0.4 is 4.72 Å². The van der Waals surface area contributed by atoms with Gasteiger partial charge in [0.1, 0.15) is 12.4 Å². The molecule has 1 aromatic carbocycles. The van der Waals surface area contributed by atoms with Gasteiger partial charge < -0.3 is 0 Å². The maximum Gasteiger partial charge on any atom is 0.263 e. The molecule has 18 heavy (non-hydrogen) atoms. The van der Waals surface area contributed by atoms with Crippen LogP contribution in [0.15, 0.2) is 34.2 Å². The predicted molar refractivity (Wildman–Crippen MR) is 61.2 cm³/mol. The number of amidine groups is 1. The highest BCUT2D eigenvalue weighted by Gasteiger charge is 2.29. The summed E-state index contributed by atoms with van der Waals surface area (Å²) < 4.78 is 26.0. The van der Waals surface area contributed by atoms with E-state index in [1.165, 1.54) is 6.07 Å². The summed E-state index contributed by atoms with van der Waals surface area (Å²) in [6, 6.07) is 6.65. The first kappa shape index (κ1) is 10.8. The van der Waals surface area contributed by atoms with Crippen LogP contribution in [-0.2, 0) is 16.6 Å². The third kappa shape index (κ3) is 1.74. The van der Waals surface area contributed by atoms with E-state index in [2.05, 4.69) is 30.3 Å². The SMILES string of the molecule is O=S1(=O)NC(=NCc2nn[nH]n2)c2ccccc21. The summed E-state index contributed by atoms with van der Waals surface area (Å²) in [6.45, 7) is 0.155. The number of tetrazole rings is 1. The highest BCUT2D eigenvalue weighted by Crippen LogP contribution is 2.22. The molecule has 0 aliphatic carbocycles. The van der Waals surface area contributed by atoms with Gasteiger partial charge in [-0.05, 0) is 12.1 Å². The Morgan fingerprint density at radius 1 is 1.28 bits per heavy atom. The number of nitrogens with zero attached hydrogens (tertiary/aromatic N) is 4. The summed E-state index contributed by atoms with van der Waals surface area (Å²) in [7, 11) is -3.49. The quantitative estimate of drug-likeness (QED) is 0.754. The van der Waals surface area contributed by atoms with E-state index in [1.54, 1.807) is 18.2 Å². The molecule has 0 amide bonds. The number of hydrogen-bond acceptors (Lipinski definition) is 6. The average molecular weight is 264 g/mol. The van der Waals surface area contributed by atoms with Gasteiger partial charge in [0.05, 0.1) is 4.90 Å². The highest BCUT2D eigenvalue weighted by atomic mass is 32.2. The topological polar surface area (TPSA) is 113 Å². The Labute approximate surface area is 102 Å². The fourth-order valence-electron chi connectivity index (χ4n) is 1.65. The molecule has 92 valence electrons. The molecular weight excluding hydrogens is 256 g/mol. The molecule has 0 radical (unpaired) electrons. The molecule has 9 heteroatoms. The lowest BCUT2D eigenvalue weighted by Gasteiger charge is -1.96. The van der Waals surface area contributed by atoms with Crippen molar-refractivity contribution in [2.75, 3.05) is 0 Å². The molecular formula is C9H8N6O2S. The minimum atomic E-state index is -3.49. The molecule has 1 aliphatic rings. The molecule has 2 heterocycles. The maximum atomic E-state index is 11.8. The molecule has 1 aliphatic heterocycles. The fourth-order valence-corrected chi connectivity index (χ4v) is 2.90. The van der Waals surface area contributed by atoms with Gasteiger partial charge in [-0.15, -0.1) is 10.2 Å². The number of aromatic nitrogens is 4. The Hall–Kier alpha value is -2.29. The second kappa shape index (κ2) is 3.88. The largest absolute Gasteiger partial charge is 0.263 e. The van der Waals surface area contributed by atoms with E-state index in [0.29, 0.717) is 17.2 Å². The van der Waals surface area contributed by atoms with E-state index in [9.17, 15) is 8.42 Å². The van der Waals surface area contributed by atoms with Gasteiger partial charge in [-0.25, -0.2) is 8.42 Å². The third-order valence-electron chi connectivity index (χ3n) is 2.43. The van der Waals surface area contributed by atoms with Crippen LogP contribution in [0.5, 0.6) is 0 Å². The summed E-state index contributed by atoms with van der Waals surface area (Å²) in [4.78, 5) is 4.38. The van der Waals surface area contributed by atoms with Gasteiger partial charge in [0, 0.05) is 5.56 Å². The fraction of sp³-hybridized carbons (Fsp3) is 0.111. The number of sulfonamides is 1. The van der Waals surface area contributed by atoms with Crippen molar-refractivity contribution in [2.45, 2.75) is 11.4 Å². The first-order valence-corrected chi connectivity index (χ1v) is 6.54. The van der Waals surface area contributed by atoms with Crippen LogP contribution >= 0.6 is 0 Å². The molecule has 0 atom stereocenters. The summed E-state index contributed by atoms with van der Waals surface area (Å²) >= 11 is 0. The molecule has 0 saturated carbocycles. The summed E-state index contributed by atoms with van der Waals surface area (Å²) in [5.74, 6) is 0.696. The normalized spacial score (nSPS) is 18.6. The first-order valence-electron chi connectivity index (χ1n) is 5.06. The molecule has 0 fully saturated rings. The van der Waals surface area contributed by atoms with Crippen LogP contribution in [0, 0.1) is 0 Å². The molecule has 0 spiro atoms. The Morgan fingerprint density at radius 2 is 2.11 bits per heavy atom. The summed E-state index contributed by atoms with van der Waals surface area (Å²) in [6.07, 6.45) is 0. The van der Waals surface area contributed by atoms with Crippen LogP contribution in [-0.4, -0.2) is 34.9 Å². The molecule has 0 bridgehead atoms. The minimum absolute atomic E-state index is 0.155. The van der Waals surface area contributed by atoms with Crippen molar-refractivity contribution in [2.24, 2.45) is 4.99 Å². The zero-order valence-electron chi connectivity index (χ0n) is 9.03. The number of aromatic amines is 1. The maximum absolute atomic E-state index is 11.8. The standard InChI is InChI=1S/C9H8N6O2S/c16-18(17)7-4-2-1-3-6(7)9(13-18)10-5-8-11-14-15-12-8/h1-4H,5H2,(H,10,13)(H,11,12,14,15). The second-order valence-corrected chi connectivity index (χ2v) is 5.25. The number of hydrogen-bond donors (Lipinski definition) is 2. The van der Waals surface area contributed by atoms with E-state index >= 15 is 0 Å². The van der Waals surface area contributed by atoms with Crippen LogP contribution in [0.1, 0.15) is 11.4 Å².